The first-order valence-corrected chi connectivity index (χ1v) is 9.10. The molecule has 1 aliphatic carbocycles. The van der Waals surface area contributed by atoms with Gasteiger partial charge in [0.25, 0.3) is 0 Å². The summed E-state index contributed by atoms with van der Waals surface area (Å²) >= 11 is 0. The molecule has 1 aromatic heterocycles. The van der Waals surface area contributed by atoms with Crippen molar-refractivity contribution in [1.82, 2.24) is 19.8 Å². The second-order valence-electron chi connectivity index (χ2n) is 7.48. The number of carbonyl (C=O) groups is 1. The minimum absolute atomic E-state index is 0.164. The van der Waals surface area contributed by atoms with E-state index in [-0.39, 0.29) is 12.0 Å². The van der Waals surface area contributed by atoms with Crippen molar-refractivity contribution in [2.75, 3.05) is 19.7 Å². The van der Waals surface area contributed by atoms with E-state index < -0.39 is 0 Å². The molecule has 0 aromatic carbocycles. The number of imidazole rings is 1. The predicted molar refractivity (Wildman–Crippen MR) is 92.4 cm³/mol. The zero-order valence-corrected chi connectivity index (χ0v) is 15.1. The molecule has 2 aliphatic rings. The highest BCUT2D eigenvalue weighted by molar-refractivity contribution is 5.77. The van der Waals surface area contributed by atoms with Gasteiger partial charge in [-0.05, 0) is 51.6 Å². The Labute approximate surface area is 144 Å². The molecule has 1 saturated heterocycles. The van der Waals surface area contributed by atoms with Crippen LogP contribution in [0.5, 0.6) is 0 Å². The Morgan fingerprint density at radius 2 is 2.25 bits per heavy atom. The number of ether oxygens (including phenoxy) is 1. The Hall–Kier alpha value is -1.40. The average Bonchev–Trinajstić information content (AvgIpc) is 3.05. The zero-order valence-electron chi connectivity index (χ0n) is 15.1. The molecule has 1 amide bonds. The van der Waals surface area contributed by atoms with Crippen LogP contribution in [0.3, 0.4) is 0 Å². The van der Waals surface area contributed by atoms with Crippen molar-refractivity contribution >= 4 is 5.91 Å². The average molecular weight is 334 g/mol. The number of nitrogens with one attached hydrogen (secondary N) is 1. The van der Waals surface area contributed by atoms with Crippen molar-refractivity contribution in [3.63, 3.8) is 0 Å². The fourth-order valence-corrected chi connectivity index (χ4v) is 3.83. The minimum Gasteiger partial charge on any atom is -0.378 e. The van der Waals surface area contributed by atoms with Crippen LogP contribution in [-0.4, -0.2) is 52.2 Å². The summed E-state index contributed by atoms with van der Waals surface area (Å²) in [4.78, 5) is 19.3. The molecule has 0 bridgehead atoms. The summed E-state index contributed by atoms with van der Waals surface area (Å²) in [6, 6.07) is 0.364. The number of amides is 1. The summed E-state index contributed by atoms with van der Waals surface area (Å²) in [5.74, 6) is 1.14. The van der Waals surface area contributed by atoms with Crippen LogP contribution in [0.25, 0.3) is 0 Å². The van der Waals surface area contributed by atoms with E-state index in [0.29, 0.717) is 31.0 Å². The van der Waals surface area contributed by atoms with Gasteiger partial charge in [0.05, 0.1) is 25.7 Å². The summed E-state index contributed by atoms with van der Waals surface area (Å²) in [7, 11) is 1.99. The highest BCUT2D eigenvalue weighted by Crippen LogP contribution is 2.56. The van der Waals surface area contributed by atoms with E-state index in [4.69, 9.17) is 4.74 Å². The third-order valence-corrected chi connectivity index (χ3v) is 5.44. The zero-order chi connectivity index (χ0) is 17.2. The van der Waals surface area contributed by atoms with Crippen LogP contribution in [-0.2, 0) is 23.1 Å². The van der Waals surface area contributed by atoms with E-state index in [0.717, 1.165) is 25.3 Å². The molecule has 0 radical (unpaired) electrons. The molecular weight excluding hydrogens is 304 g/mol. The molecule has 134 valence electrons. The van der Waals surface area contributed by atoms with Crippen molar-refractivity contribution < 1.29 is 9.53 Å². The number of piperidine rings is 1. The molecule has 6 heteroatoms. The lowest BCUT2D eigenvalue weighted by Crippen LogP contribution is -2.40. The van der Waals surface area contributed by atoms with Crippen molar-refractivity contribution in [3.05, 3.63) is 18.2 Å². The lowest BCUT2D eigenvalue weighted by Gasteiger charge is -2.29. The Morgan fingerprint density at radius 3 is 2.88 bits per heavy atom. The van der Waals surface area contributed by atoms with Crippen LogP contribution >= 0.6 is 0 Å². The molecule has 6 nitrogen and oxygen atoms in total. The first-order valence-electron chi connectivity index (χ1n) is 9.10. The summed E-state index contributed by atoms with van der Waals surface area (Å²) in [5.41, 5.74) is 0.338. The second kappa shape index (κ2) is 7.23. The van der Waals surface area contributed by atoms with Gasteiger partial charge in [0.15, 0.2) is 0 Å². The SMILES string of the molecule is CC(C)OCCC(=O)N(Cc1nccn1C)[C@H]1CC12CCNCC2. The number of nitrogens with zero attached hydrogens (tertiary/aromatic N) is 3. The van der Waals surface area contributed by atoms with Crippen LogP contribution in [0.1, 0.15) is 45.4 Å². The largest absolute Gasteiger partial charge is 0.378 e. The Morgan fingerprint density at radius 1 is 1.50 bits per heavy atom. The maximum absolute atomic E-state index is 12.9. The molecule has 2 heterocycles. The van der Waals surface area contributed by atoms with Gasteiger partial charge in [0.1, 0.15) is 5.82 Å². The van der Waals surface area contributed by atoms with Gasteiger partial charge in [-0.3, -0.25) is 4.79 Å². The van der Waals surface area contributed by atoms with Gasteiger partial charge >= 0.3 is 0 Å². The van der Waals surface area contributed by atoms with Gasteiger partial charge in [-0.25, -0.2) is 4.98 Å². The van der Waals surface area contributed by atoms with Crippen molar-refractivity contribution in [3.8, 4) is 0 Å². The molecule has 0 unspecified atom stereocenters. The van der Waals surface area contributed by atoms with Gasteiger partial charge in [0.2, 0.25) is 5.91 Å². The fraction of sp³-hybridized carbons (Fsp3) is 0.778. The topological polar surface area (TPSA) is 59.4 Å². The molecule has 1 saturated carbocycles. The van der Waals surface area contributed by atoms with E-state index in [1.807, 2.05) is 31.7 Å². The van der Waals surface area contributed by atoms with Crippen molar-refractivity contribution in [1.29, 1.82) is 0 Å². The Balaban J connectivity index is 1.67. The molecule has 1 N–H and O–H groups in total. The summed E-state index contributed by atoms with van der Waals surface area (Å²) in [5, 5.41) is 3.43. The third kappa shape index (κ3) is 3.81. The molecule has 24 heavy (non-hydrogen) atoms. The van der Waals surface area contributed by atoms with Crippen LogP contribution in [0.4, 0.5) is 0 Å². The normalized spacial score (nSPS) is 22.1. The van der Waals surface area contributed by atoms with E-state index in [1.54, 1.807) is 6.20 Å². The highest BCUT2D eigenvalue weighted by Gasteiger charge is 2.57. The maximum atomic E-state index is 12.9. The van der Waals surface area contributed by atoms with Crippen LogP contribution in [0.15, 0.2) is 12.4 Å². The lowest BCUT2D eigenvalue weighted by molar-refractivity contribution is -0.134. The van der Waals surface area contributed by atoms with Crippen LogP contribution in [0.2, 0.25) is 0 Å². The minimum atomic E-state index is 0.164. The molecular formula is C18H30N4O2. The van der Waals surface area contributed by atoms with Gasteiger partial charge in [-0.2, -0.15) is 0 Å². The fourth-order valence-electron chi connectivity index (χ4n) is 3.83. The Bertz CT molecular complexity index is 563. The summed E-state index contributed by atoms with van der Waals surface area (Å²) in [6.07, 6.45) is 7.83. The summed E-state index contributed by atoms with van der Waals surface area (Å²) < 4.78 is 7.58. The van der Waals surface area contributed by atoms with Crippen LogP contribution in [0, 0.1) is 5.41 Å². The van der Waals surface area contributed by atoms with Crippen LogP contribution < -0.4 is 5.32 Å². The van der Waals surface area contributed by atoms with E-state index in [9.17, 15) is 4.79 Å². The van der Waals surface area contributed by atoms with E-state index in [1.165, 1.54) is 12.8 Å². The maximum Gasteiger partial charge on any atom is 0.225 e. The predicted octanol–water partition coefficient (Wildman–Crippen LogP) is 1.71. The highest BCUT2D eigenvalue weighted by atomic mass is 16.5. The van der Waals surface area contributed by atoms with Crippen molar-refractivity contribution in [2.24, 2.45) is 12.5 Å². The smallest absolute Gasteiger partial charge is 0.225 e. The molecule has 1 aliphatic heterocycles. The first-order chi connectivity index (χ1) is 11.5. The molecule has 1 spiro atoms. The van der Waals surface area contributed by atoms with Gasteiger partial charge in [-0.1, -0.05) is 0 Å². The molecule has 3 rings (SSSR count). The lowest BCUT2D eigenvalue weighted by atomic mass is 9.93. The first kappa shape index (κ1) is 17.4. The molecule has 2 fully saturated rings. The monoisotopic (exact) mass is 334 g/mol. The number of aromatic nitrogens is 2. The number of rotatable bonds is 7. The van der Waals surface area contributed by atoms with Gasteiger partial charge < -0.3 is 19.5 Å². The Kier molecular flexibility index (Phi) is 5.25. The second-order valence-corrected chi connectivity index (χ2v) is 7.48. The molecule has 1 aromatic rings. The number of aryl methyl sites for hydroxylation is 1. The number of hydrogen-bond acceptors (Lipinski definition) is 4. The molecule has 1 atom stereocenters. The van der Waals surface area contributed by atoms with Crippen molar-refractivity contribution in [2.45, 2.75) is 58.2 Å². The standard InChI is InChI=1S/C18H30N4O2/c1-14(2)24-11-4-17(23)22(13-16-20-9-10-21(16)3)15-12-18(15)5-7-19-8-6-18/h9-10,14-15,19H,4-8,11-13H2,1-3H3/t15-/m0/s1. The number of hydrogen-bond donors (Lipinski definition) is 1. The van der Waals surface area contributed by atoms with E-state index in [2.05, 4.69) is 15.2 Å². The quantitative estimate of drug-likeness (QED) is 0.825. The van der Waals surface area contributed by atoms with E-state index >= 15 is 0 Å². The van der Waals surface area contributed by atoms with Gasteiger partial charge in [-0.15, -0.1) is 0 Å². The van der Waals surface area contributed by atoms with Gasteiger partial charge in [0, 0.05) is 25.5 Å². The third-order valence-electron chi connectivity index (χ3n) is 5.44. The summed E-state index contributed by atoms with van der Waals surface area (Å²) in [6.45, 7) is 7.23. The number of carbonyl (C=O) groups excluding carboxylic acids is 1.